The molecule has 0 unspecified atom stereocenters. The first kappa shape index (κ1) is 26.8. The molecule has 6 heteroatoms. The normalized spacial score (nSPS) is 11.8. The first-order valence-corrected chi connectivity index (χ1v) is 12.2. The molecule has 0 spiro atoms. The Hall–Kier alpha value is -1.17. The van der Waals surface area contributed by atoms with Gasteiger partial charge in [0.25, 0.3) is 0 Å². The number of carboxylic acid groups (broad SMARTS) is 1. The average molecular weight is 415 g/mol. The number of carboxylic acids is 1. The van der Waals surface area contributed by atoms with Crippen LogP contribution in [0.5, 0.6) is 0 Å². The van der Waals surface area contributed by atoms with Crippen LogP contribution >= 0.6 is 11.8 Å². The summed E-state index contributed by atoms with van der Waals surface area (Å²) in [5.41, 5.74) is 0.283. The molecule has 0 fully saturated rings. The van der Waals surface area contributed by atoms with Gasteiger partial charge in [0.15, 0.2) is 0 Å². The lowest BCUT2D eigenvalue weighted by atomic mass is 10.1. The van der Waals surface area contributed by atoms with Crippen LogP contribution in [0.4, 0.5) is 4.79 Å². The number of unbranched alkanes of at least 4 members (excludes halogenated alkanes) is 10. The van der Waals surface area contributed by atoms with Crippen molar-refractivity contribution in [3.8, 4) is 0 Å². The second kappa shape index (κ2) is 19.2. The lowest BCUT2D eigenvalue weighted by molar-refractivity contribution is -0.132. The Kier molecular flexibility index (Phi) is 18.4. The number of urea groups is 1. The summed E-state index contributed by atoms with van der Waals surface area (Å²) in [5.74, 6) is -0.125. The fraction of sp³-hybridized carbons (Fsp3) is 0.818. The summed E-state index contributed by atoms with van der Waals surface area (Å²) >= 11 is 1.45. The molecule has 0 atom stereocenters. The van der Waals surface area contributed by atoms with E-state index in [0.717, 1.165) is 31.4 Å². The number of rotatable bonds is 18. The summed E-state index contributed by atoms with van der Waals surface area (Å²) in [4.78, 5) is 23.7. The molecule has 0 aromatic rings. The summed E-state index contributed by atoms with van der Waals surface area (Å²) in [6, 6.07) is -0.300. The topological polar surface area (TPSA) is 78.4 Å². The van der Waals surface area contributed by atoms with Crippen LogP contribution in [-0.2, 0) is 4.79 Å². The lowest BCUT2D eigenvalue weighted by Crippen LogP contribution is -2.36. The van der Waals surface area contributed by atoms with E-state index in [-0.39, 0.29) is 11.6 Å². The van der Waals surface area contributed by atoms with Crippen molar-refractivity contribution in [2.45, 2.75) is 104 Å². The van der Waals surface area contributed by atoms with Crippen molar-refractivity contribution in [2.24, 2.45) is 0 Å². The predicted octanol–water partition coefficient (Wildman–Crippen LogP) is 6.45. The van der Waals surface area contributed by atoms with Crippen molar-refractivity contribution in [2.75, 3.05) is 12.3 Å². The van der Waals surface area contributed by atoms with E-state index in [9.17, 15) is 14.7 Å². The molecular weight excluding hydrogens is 372 g/mol. The van der Waals surface area contributed by atoms with Crippen LogP contribution in [0.3, 0.4) is 0 Å². The Balaban J connectivity index is 4.31. The zero-order chi connectivity index (χ0) is 21.0. The Morgan fingerprint density at radius 2 is 1.32 bits per heavy atom. The molecule has 28 heavy (non-hydrogen) atoms. The van der Waals surface area contributed by atoms with Crippen LogP contribution in [0.15, 0.2) is 10.6 Å². The maximum absolute atomic E-state index is 12.2. The van der Waals surface area contributed by atoms with E-state index in [2.05, 4.69) is 24.5 Å². The largest absolute Gasteiger partial charge is 0.478 e. The quantitative estimate of drug-likeness (QED) is 0.178. The van der Waals surface area contributed by atoms with Gasteiger partial charge in [0.05, 0.1) is 10.6 Å². The van der Waals surface area contributed by atoms with E-state index >= 15 is 0 Å². The van der Waals surface area contributed by atoms with Crippen molar-refractivity contribution in [3.05, 3.63) is 10.6 Å². The molecule has 2 amide bonds. The van der Waals surface area contributed by atoms with Gasteiger partial charge in [-0.25, -0.2) is 9.59 Å². The molecule has 0 heterocycles. The first-order valence-electron chi connectivity index (χ1n) is 11.2. The fourth-order valence-corrected chi connectivity index (χ4v) is 4.04. The summed E-state index contributed by atoms with van der Waals surface area (Å²) in [6.45, 7) is 6.84. The standard InChI is InChI=1S/C22H42N2O3S/c1-4-7-9-11-13-15-17-23-22(27)24-20(19(6-3)21(25)26)28-18-16-14-12-10-8-5-2/h4-18H2,1-3H3,(H,25,26)(H2,23,24,27)/b20-19+. The van der Waals surface area contributed by atoms with Crippen molar-refractivity contribution >= 4 is 23.8 Å². The van der Waals surface area contributed by atoms with Crippen LogP contribution in [0.2, 0.25) is 0 Å². The van der Waals surface area contributed by atoms with Crippen LogP contribution in [-0.4, -0.2) is 29.4 Å². The Labute approximate surface area is 176 Å². The van der Waals surface area contributed by atoms with Gasteiger partial charge in [0.2, 0.25) is 0 Å². The van der Waals surface area contributed by atoms with Crippen molar-refractivity contribution in [1.82, 2.24) is 10.6 Å². The zero-order valence-corrected chi connectivity index (χ0v) is 19.1. The minimum absolute atomic E-state index is 0.283. The first-order chi connectivity index (χ1) is 13.6. The molecule has 0 rings (SSSR count). The summed E-state index contributed by atoms with van der Waals surface area (Å²) in [7, 11) is 0. The van der Waals surface area contributed by atoms with Gasteiger partial charge in [-0.05, 0) is 25.0 Å². The van der Waals surface area contributed by atoms with Gasteiger partial charge in [-0.2, -0.15) is 0 Å². The summed E-state index contributed by atoms with van der Waals surface area (Å²) in [5, 5.41) is 15.6. The van der Waals surface area contributed by atoms with Gasteiger partial charge in [-0.15, -0.1) is 11.8 Å². The minimum atomic E-state index is -0.954. The third-order valence-corrected chi connectivity index (χ3v) is 5.80. The highest BCUT2D eigenvalue weighted by Gasteiger charge is 2.15. The number of hydrogen-bond donors (Lipinski definition) is 3. The molecule has 164 valence electrons. The van der Waals surface area contributed by atoms with E-state index in [0.29, 0.717) is 18.0 Å². The number of aliphatic carboxylic acids is 1. The number of carbonyl (C=O) groups is 2. The second-order valence-corrected chi connectivity index (χ2v) is 8.34. The summed E-state index contributed by atoms with van der Waals surface area (Å²) in [6.07, 6.45) is 14.6. The third kappa shape index (κ3) is 14.8. The molecule has 0 aromatic carbocycles. The van der Waals surface area contributed by atoms with Crippen molar-refractivity contribution < 1.29 is 14.7 Å². The zero-order valence-electron chi connectivity index (χ0n) is 18.3. The number of carbonyl (C=O) groups excluding carboxylic acids is 1. The van der Waals surface area contributed by atoms with Crippen molar-refractivity contribution in [1.29, 1.82) is 0 Å². The van der Waals surface area contributed by atoms with E-state index < -0.39 is 5.97 Å². The molecule has 0 aliphatic carbocycles. The maximum atomic E-state index is 12.2. The summed E-state index contributed by atoms with van der Waals surface area (Å²) < 4.78 is 0. The molecule has 0 bridgehead atoms. The maximum Gasteiger partial charge on any atom is 0.334 e. The van der Waals surface area contributed by atoms with Crippen LogP contribution < -0.4 is 10.6 Å². The molecule has 0 aliphatic heterocycles. The van der Waals surface area contributed by atoms with Gasteiger partial charge in [0.1, 0.15) is 0 Å². The van der Waals surface area contributed by atoms with E-state index in [4.69, 9.17) is 0 Å². The Morgan fingerprint density at radius 1 is 0.786 bits per heavy atom. The van der Waals surface area contributed by atoms with Crippen LogP contribution in [0, 0.1) is 0 Å². The molecule has 0 saturated heterocycles. The molecule has 0 saturated carbocycles. The third-order valence-electron chi connectivity index (χ3n) is 4.67. The van der Waals surface area contributed by atoms with Gasteiger partial charge in [-0.1, -0.05) is 85.0 Å². The average Bonchev–Trinajstić information content (AvgIpc) is 2.66. The lowest BCUT2D eigenvalue weighted by Gasteiger charge is -2.14. The number of thioether (sulfide) groups is 1. The molecular formula is C22H42N2O3S. The predicted molar refractivity (Wildman–Crippen MR) is 121 cm³/mol. The molecule has 0 aromatic heterocycles. The van der Waals surface area contributed by atoms with Crippen molar-refractivity contribution in [3.63, 3.8) is 0 Å². The van der Waals surface area contributed by atoms with E-state index in [1.54, 1.807) is 0 Å². The van der Waals surface area contributed by atoms with Gasteiger partial charge in [0, 0.05) is 6.54 Å². The van der Waals surface area contributed by atoms with E-state index in [1.807, 2.05) is 6.92 Å². The SMILES string of the molecule is CCCCCCCCNC(=O)N/C(SCCCCCCCC)=C(/CC)C(=O)O. The van der Waals surface area contributed by atoms with Gasteiger partial charge >= 0.3 is 12.0 Å². The number of amides is 2. The Bertz CT molecular complexity index is 453. The molecule has 0 aliphatic rings. The van der Waals surface area contributed by atoms with E-state index in [1.165, 1.54) is 63.1 Å². The van der Waals surface area contributed by atoms with Crippen LogP contribution in [0.1, 0.15) is 104 Å². The molecule has 5 nitrogen and oxygen atoms in total. The fourth-order valence-electron chi connectivity index (χ4n) is 2.92. The highest BCUT2D eigenvalue weighted by atomic mass is 32.2. The number of nitrogens with one attached hydrogen (secondary N) is 2. The number of hydrogen-bond acceptors (Lipinski definition) is 3. The smallest absolute Gasteiger partial charge is 0.334 e. The Morgan fingerprint density at radius 3 is 1.86 bits per heavy atom. The monoisotopic (exact) mass is 414 g/mol. The van der Waals surface area contributed by atoms with Gasteiger partial charge in [-0.3, -0.25) is 0 Å². The molecule has 3 N–H and O–H groups in total. The second-order valence-electron chi connectivity index (χ2n) is 7.23. The highest BCUT2D eigenvalue weighted by Crippen LogP contribution is 2.22. The minimum Gasteiger partial charge on any atom is -0.478 e. The van der Waals surface area contributed by atoms with Crippen LogP contribution in [0.25, 0.3) is 0 Å². The van der Waals surface area contributed by atoms with Gasteiger partial charge < -0.3 is 15.7 Å². The highest BCUT2D eigenvalue weighted by molar-refractivity contribution is 8.03. The molecule has 0 radical (unpaired) electrons.